The number of carbonyl (C=O) groups excluding carboxylic acids is 1. The summed E-state index contributed by atoms with van der Waals surface area (Å²) in [5.41, 5.74) is 0. The summed E-state index contributed by atoms with van der Waals surface area (Å²) in [5.74, 6) is 0. The first-order valence-electron chi connectivity index (χ1n) is 0.946. The average Bonchev–Trinajstić information content (AvgIpc) is 1.65. The maximum atomic E-state index is 9.80. The Balaban J connectivity index is 2.99. The molecule has 0 aromatic carbocycles. The Morgan fingerprint density at radius 3 is 1.67 bits per heavy atom. The molecule has 0 amide bonds. The van der Waals surface area contributed by atoms with Crippen LogP contribution in [0.2, 0.25) is 0 Å². The molecule has 0 heterocycles. The molecule has 0 aliphatic carbocycles. The normalized spacial score (nSPS) is 7.33. The Morgan fingerprint density at radius 2 is 1.67 bits per heavy atom. The van der Waals surface area contributed by atoms with Crippen molar-refractivity contribution in [1.82, 2.24) is 0 Å². The van der Waals surface area contributed by atoms with Crippen LogP contribution in [0.3, 0.4) is 0 Å². The zero-order valence-corrected chi connectivity index (χ0v) is 9.34. The Morgan fingerprint density at radius 1 is 1.33 bits per heavy atom. The minimum absolute atomic E-state index is 0.498. The molecule has 0 aliphatic rings. The SMILES string of the molecule is O=C([O][Pu])[O][Pu]. The quantitative estimate of drug-likeness (QED) is 0.431. The van der Waals surface area contributed by atoms with E-state index >= 15 is 0 Å². The first-order valence-corrected chi connectivity index (χ1v) is 3.72. The summed E-state index contributed by atoms with van der Waals surface area (Å²) in [4.78, 5) is 9.80. The van der Waals surface area contributed by atoms with Crippen LogP contribution < -0.4 is 0 Å². The molecule has 0 bridgehead atoms. The van der Waals surface area contributed by atoms with Crippen LogP contribution in [0.5, 0.6) is 0 Å². The minimum atomic E-state index is -0.544. The fraction of sp³-hybridized carbons (Fsp3) is 0. The molecule has 0 aromatic rings. The van der Waals surface area contributed by atoms with Gasteiger partial charge in [0.05, 0.1) is 0 Å². The van der Waals surface area contributed by atoms with E-state index in [9.17, 15) is 4.79 Å². The zero-order chi connectivity index (χ0) is 4.99. The van der Waals surface area contributed by atoms with Crippen molar-refractivity contribution in [3.8, 4) is 0 Å². The van der Waals surface area contributed by atoms with Crippen molar-refractivity contribution in [2.24, 2.45) is 0 Å². The maximum absolute atomic E-state index is 9.80. The van der Waals surface area contributed by atoms with E-state index in [4.69, 9.17) is 0 Å². The van der Waals surface area contributed by atoms with E-state index in [0.717, 1.165) is 0 Å². The second-order valence-corrected chi connectivity index (χ2v) is 1.80. The molecule has 0 atom stereocenters. The van der Waals surface area contributed by atoms with Gasteiger partial charge in [0.1, 0.15) is 0 Å². The van der Waals surface area contributed by atoms with Gasteiger partial charge in [0.25, 0.3) is 0 Å². The third-order valence-corrected chi connectivity index (χ3v) is 1.27. The van der Waals surface area contributed by atoms with Crippen molar-refractivity contribution >= 4 is 6.16 Å². The Bertz CT molecular complexity index is 46.8. The average molecular weight is 548 g/mol. The van der Waals surface area contributed by atoms with Crippen molar-refractivity contribution < 1.29 is 65.8 Å². The van der Waals surface area contributed by atoms with Crippen LogP contribution in [0, 0.1) is 56.1 Å². The van der Waals surface area contributed by atoms with Gasteiger partial charge in [-0.05, 0) is 0 Å². The molecule has 0 N–H and O–H groups in total. The van der Waals surface area contributed by atoms with Crippen molar-refractivity contribution in [1.29, 1.82) is 0 Å². The molecule has 34 valence electrons. The summed E-state index contributed by atoms with van der Waals surface area (Å²) in [6.45, 7) is 0. The molecule has 6 heavy (non-hydrogen) atoms. The van der Waals surface area contributed by atoms with Gasteiger partial charge in [-0.3, -0.25) is 0 Å². The van der Waals surface area contributed by atoms with Gasteiger partial charge in [-0.2, -0.15) is 0 Å². The van der Waals surface area contributed by atoms with Gasteiger partial charge in [0, 0.05) is 0 Å². The van der Waals surface area contributed by atoms with Crippen LogP contribution in [0.25, 0.3) is 0 Å². The Kier molecular flexibility index (Phi) is 5.32. The van der Waals surface area contributed by atoms with Crippen molar-refractivity contribution in [2.45, 2.75) is 0 Å². The summed E-state index contributed by atoms with van der Waals surface area (Å²) >= 11 is 0.995. The van der Waals surface area contributed by atoms with Crippen molar-refractivity contribution in [3.05, 3.63) is 0 Å². The summed E-state index contributed by atoms with van der Waals surface area (Å²) in [6.07, 6.45) is -0.544. The van der Waals surface area contributed by atoms with Gasteiger partial charge in [-0.25, -0.2) is 0 Å². The molecule has 0 fully saturated rings. The molecule has 0 rings (SSSR count). The molecule has 0 aromatic heterocycles. The fourth-order valence-corrected chi connectivity index (χ4v) is 1.21. The van der Waals surface area contributed by atoms with Gasteiger partial charge in [0.15, 0.2) is 0 Å². The number of rotatable bonds is 0. The third-order valence-electron chi connectivity index (χ3n) is 0.136. The first kappa shape index (κ1) is 7.24. The van der Waals surface area contributed by atoms with Gasteiger partial charge in [-0.15, -0.1) is 0 Å². The molecule has 0 saturated heterocycles. The molecule has 0 aliphatic heterocycles. The summed E-state index contributed by atoms with van der Waals surface area (Å²) in [5, 5.41) is 0. The molecule has 3 nitrogen and oxygen atoms in total. The van der Waals surface area contributed by atoms with Gasteiger partial charge >= 0.3 is 72.0 Å². The zero-order valence-electron chi connectivity index (χ0n) is 2.54. The van der Waals surface area contributed by atoms with E-state index in [1.165, 1.54) is 0 Å². The molecule has 0 unspecified atom stereocenters. The van der Waals surface area contributed by atoms with Crippen LogP contribution in [-0.4, -0.2) is 6.16 Å². The third kappa shape index (κ3) is 3.43. The molecular formula is CO3Pu2. The van der Waals surface area contributed by atoms with Crippen LogP contribution in [0.4, 0.5) is 4.79 Å². The Hall–Kier alpha value is 1.24. The van der Waals surface area contributed by atoms with Crippen LogP contribution in [0.1, 0.15) is 0 Å². The number of carbonyl (C=O) groups is 1. The monoisotopic (exact) mass is 536 g/mol. The van der Waals surface area contributed by atoms with Gasteiger partial charge < -0.3 is 0 Å². The summed E-state index contributed by atoms with van der Waals surface area (Å²) in [7, 11) is 0. The number of hydrogen-bond acceptors (Lipinski definition) is 3. The molecule has 0 radical (unpaired) electrons. The fourth-order valence-electron chi connectivity index (χ4n) is 0.0139. The van der Waals surface area contributed by atoms with E-state index < -0.39 is 6.16 Å². The van der Waals surface area contributed by atoms with Crippen LogP contribution in [-0.2, 0) is 4.94 Å². The van der Waals surface area contributed by atoms with E-state index in [2.05, 4.69) is 4.94 Å². The first-order chi connectivity index (χ1) is 2.81. The van der Waals surface area contributed by atoms with E-state index in [1.807, 2.05) is 0 Å². The standard InChI is InChI=1S/CH2O3.2Pu/c2-1(3)4;;/h(H2,2,3,4);;/q;2*+1/p-2. The Labute approximate surface area is 71.0 Å². The summed E-state index contributed by atoms with van der Waals surface area (Å²) < 4.78 is 8.40. The topological polar surface area (TPSA) is 35.5 Å². The van der Waals surface area contributed by atoms with Crippen molar-refractivity contribution in [3.63, 3.8) is 0 Å². The second kappa shape index (κ2) is 4.40. The van der Waals surface area contributed by atoms with Gasteiger partial charge in [-0.1, -0.05) is 0 Å². The molecule has 0 spiro atoms. The predicted molar refractivity (Wildman–Crippen MR) is 7.57 cm³/mol. The molecular weight excluding hydrogens is 548 g/mol. The van der Waals surface area contributed by atoms with Crippen molar-refractivity contribution in [2.75, 3.05) is 0 Å². The van der Waals surface area contributed by atoms with Crippen LogP contribution >= 0.6 is 0 Å². The number of hydrogen-bond donors (Lipinski definition) is 0. The van der Waals surface area contributed by atoms with E-state index in [0.29, 0.717) is 56.1 Å². The van der Waals surface area contributed by atoms with E-state index in [1.54, 1.807) is 0 Å². The predicted octanol–water partition coefficient (Wildman–Crippen LogP) is 0.0682. The van der Waals surface area contributed by atoms with Crippen LogP contribution in [0.15, 0.2) is 0 Å². The van der Waals surface area contributed by atoms with Gasteiger partial charge in [0.2, 0.25) is 0 Å². The summed E-state index contributed by atoms with van der Waals surface area (Å²) in [6, 6.07) is 0. The molecule has 5 heteroatoms. The second-order valence-electron chi connectivity index (χ2n) is 0.417. The molecule has 0 saturated carbocycles. The van der Waals surface area contributed by atoms with E-state index in [-0.39, 0.29) is 0 Å².